The lowest BCUT2D eigenvalue weighted by Crippen LogP contribution is -2.44. The normalized spacial score (nSPS) is 15.8. The molecule has 3 aromatic rings. The van der Waals surface area contributed by atoms with Crippen molar-refractivity contribution in [1.82, 2.24) is 9.47 Å². The molecule has 1 aliphatic heterocycles. The van der Waals surface area contributed by atoms with Crippen LogP contribution in [-0.2, 0) is 6.54 Å². The average molecular weight is 416 g/mol. The van der Waals surface area contributed by atoms with Crippen molar-refractivity contribution in [2.45, 2.75) is 12.6 Å². The van der Waals surface area contributed by atoms with Gasteiger partial charge < -0.3 is 19.5 Å². The van der Waals surface area contributed by atoms with E-state index in [2.05, 4.69) is 9.88 Å². The summed E-state index contributed by atoms with van der Waals surface area (Å²) in [6, 6.07) is 16.2. The van der Waals surface area contributed by atoms with Crippen LogP contribution in [0.2, 0.25) is 10.0 Å². The molecule has 2 heterocycles. The van der Waals surface area contributed by atoms with Gasteiger partial charge in [0.05, 0.1) is 12.8 Å². The minimum Gasteiger partial charge on any atom is -0.495 e. The highest BCUT2D eigenvalue weighted by atomic mass is 35.5. The van der Waals surface area contributed by atoms with Crippen LogP contribution in [0.4, 0.5) is 10.5 Å². The molecule has 2 aromatic carbocycles. The smallest absolute Gasteiger partial charge is 0.322 e. The molecule has 0 unspecified atom stereocenters. The molecule has 0 radical (unpaired) electrons. The Hall–Kier alpha value is -2.63. The number of urea groups is 1. The van der Waals surface area contributed by atoms with Gasteiger partial charge in [-0.15, -0.1) is 0 Å². The van der Waals surface area contributed by atoms with Gasteiger partial charge in [0.25, 0.3) is 0 Å². The van der Waals surface area contributed by atoms with Crippen molar-refractivity contribution in [3.63, 3.8) is 0 Å². The molecule has 1 aromatic heterocycles. The first kappa shape index (κ1) is 18.7. The third kappa shape index (κ3) is 3.43. The van der Waals surface area contributed by atoms with Crippen LogP contribution in [0.3, 0.4) is 0 Å². The summed E-state index contributed by atoms with van der Waals surface area (Å²) in [5, 5.41) is 4.06. The molecule has 144 valence electrons. The van der Waals surface area contributed by atoms with Gasteiger partial charge >= 0.3 is 6.03 Å². The lowest BCUT2D eigenvalue weighted by atomic mass is 10.00. The summed E-state index contributed by atoms with van der Waals surface area (Å²) >= 11 is 12.6. The van der Waals surface area contributed by atoms with Crippen LogP contribution < -0.4 is 10.1 Å². The second-order valence-corrected chi connectivity index (χ2v) is 7.36. The fourth-order valence-electron chi connectivity index (χ4n) is 3.59. The van der Waals surface area contributed by atoms with E-state index < -0.39 is 0 Å². The third-order valence-electron chi connectivity index (χ3n) is 4.90. The van der Waals surface area contributed by atoms with E-state index in [4.69, 9.17) is 27.9 Å². The molecule has 5 nitrogen and oxygen atoms in total. The number of rotatable bonds is 3. The van der Waals surface area contributed by atoms with Crippen LogP contribution in [0.5, 0.6) is 5.75 Å². The van der Waals surface area contributed by atoms with Gasteiger partial charge in [-0.2, -0.15) is 0 Å². The van der Waals surface area contributed by atoms with Crippen molar-refractivity contribution in [2.24, 2.45) is 0 Å². The molecular weight excluding hydrogens is 397 g/mol. The number of aromatic nitrogens is 1. The largest absolute Gasteiger partial charge is 0.495 e. The fraction of sp³-hybridized carbons (Fsp3) is 0.190. The molecule has 2 amide bonds. The Morgan fingerprint density at radius 3 is 2.71 bits per heavy atom. The molecule has 4 rings (SSSR count). The number of nitrogens with zero attached hydrogens (tertiary/aromatic N) is 2. The number of amides is 2. The summed E-state index contributed by atoms with van der Waals surface area (Å²) in [5.74, 6) is 0.609. The van der Waals surface area contributed by atoms with Crippen LogP contribution in [0, 0.1) is 0 Å². The number of para-hydroxylation sites is 2. The number of halogens is 2. The van der Waals surface area contributed by atoms with E-state index in [1.807, 2.05) is 48.7 Å². The number of ether oxygens (including phenoxy) is 1. The number of carbonyl (C=O) groups excluding carboxylic acids is 1. The zero-order valence-corrected chi connectivity index (χ0v) is 16.7. The summed E-state index contributed by atoms with van der Waals surface area (Å²) in [5.41, 5.74) is 2.46. The quantitative estimate of drug-likeness (QED) is 0.618. The SMILES string of the molecule is COc1ccccc1NC(=O)N1CCn2cccc2[C@H]1c1ccc(Cl)cc1Cl. The van der Waals surface area contributed by atoms with Crippen LogP contribution in [0.15, 0.2) is 60.8 Å². The number of anilines is 1. The molecule has 7 heteroatoms. The van der Waals surface area contributed by atoms with Crippen LogP contribution in [-0.4, -0.2) is 29.2 Å². The summed E-state index contributed by atoms with van der Waals surface area (Å²) in [7, 11) is 1.58. The predicted molar refractivity (Wildman–Crippen MR) is 111 cm³/mol. The van der Waals surface area contributed by atoms with Gasteiger partial charge in [0.15, 0.2) is 0 Å². The number of hydrogen-bond donors (Lipinski definition) is 1. The van der Waals surface area contributed by atoms with E-state index in [-0.39, 0.29) is 12.1 Å². The second kappa shape index (κ2) is 7.78. The predicted octanol–water partition coefficient (Wildman–Crippen LogP) is 5.44. The van der Waals surface area contributed by atoms with Gasteiger partial charge in [-0.1, -0.05) is 41.4 Å². The van der Waals surface area contributed by atoms with E-state index in [9.17, 15) is 4.79 Å². The monoisotopic (exact) mass is 415 g/mol. The average Bonchev–Trinajstić information content (AvgIpc) is 3.17. The maximum absolute atomic E-state index is 13.2. The van der Waals surface area contributed by atoms with Crippen molar-refractivity contribution < 1.29 is 9.53 Å². The molecule has 0 fully saturated rings. The van der Waals surface area contributed by atoms with Crippen molar-refractivity contribution in [1.29, 1.82) is 0 Å². The summed E-state index contributed by atoms with van der Waals surface area (Å²) in [4.78, 5) is 15.0. The topological polar surface area (TPSA) is 46.5 Å². The van der Waals surface area contributed by atoms with E-state index in [0.29, 0.717) is 34.6 Å². The minimum absolute atomic E-state index is 0.215. The van der Waals surface area contributed by atoms with Crippen molar-refractivity contribution >= 4 is 34.9 Å². The van der Waals surface area contributed by atoms with Gasteiger partial charge in [-0.05, 0) is 42.0 Å². The highest BCUT2D eigenvalue weighted by Crippen LogP contribution is 2.37. The molecule has 1 N–H and O–H groups in total. The Kier molecular flexibility index (Phi) is 5.20. The van der Waals surface area contributed by atoms with Gasteiger partial charge in [0, 0.05) is 35.0 Å². The Morgan fingerprint density at radius 1 is 1.11 bits per heavy atom. The fourth-order valence-corrected chi connectivity index (χ4v) is 4.10. The van der Waals surface area contributed by atoms with E-state index >= 15 is 0 Å². The second-order valence-electron chi connectivity index (χ2n) is 6.52. The molecular formula is C21H19Cl2N3O2. The van der Waals surface area contributed by atoms with Gasteiger partial charge in [0.2, 0.25) is 0 Å². The standard InChI is InChI=1S/C21H19Cl2N3O2/c1-28-19-7-3-2-5-17(19)24-21(27)26-12-11-25-10-4-6-18(25)20(26)15-9-8-14(22)13-16(15)23/h2-10,13,20H,11-12H2,1H3,(H,24,27)/t20-/m1/s1. The molecule has 0 saturated carbocycles. The van der Waals surface area contributed by atoms with E-state index in [1.54, 1.807) is 24.1 Å². The lowest BCUT2D eigenvalue weighted by molar-refractivity contribution is 0.182. The maximum atomic E-state index is 13.2. The highest BCUT2D eigenvalue weighted by molar-refractivity contribution is 6.35. The maximum Gasteiger partial charge on any atom is 0.322 e. The first-order valence-electron chi connectivity index (χ1n) is 8.89. The van der Waals surface area contributed by atoms with Crippen molar-refractivity contribution in [3.8, 4) is 5.75 Å². The zero-order chi connectivity index (χ0) is 19.7. The Balaban J connectivity index is 1.71. The molecule has 0 spiro atoms. The lowest BCUT2D eigenvalue weighted by Gasteiger charge is -2.37. The molecule has 1 atom stereocenters. The number of fused-ring (bicyclic) bond motifs is 1. The molecule has 28 heavy (non-hydrogen) atoms. The number of carbonyl (C=O) groups is 1. The third-order valence-corrected chi connectivity index (χ3v) is 5.47. The van der Waals surface area contributed by atoms with Crippen LogP contribution >= 0.6 is 23.2 Å². The highest BCUT2D eigenvalue weighted by Gasteiger charge is 2.33. The first-order chi connectivity index (χ1) is 13.6. The minimum atomic E-state index is -0.316. The van der Waals surface area contributed by atoms with Crippen LogP contribution in [0.25, 0.3) is 0 Å². The number of hydrogen-bond acceptors (Lipinski definition) is 2. The summed E-state index contributed by atoms with van der Waals surface area (Å²) in [6.45, 7) is 1.26. The zero-order valence-electron chi connectivity index (χ0n) is 15.2. The number of methoxy groups -OCH3 is 1. The molecule has 0 aliphatic carbocycles. The van der Waals surface area contributed by atoms with Crippen molar-refractivity contribution in [3.05, 3.63) is 82.1 Å². The van der Waals surface area contributed by atoms with Gasteiger partial charge in [-0.25, -0.2) is 4.79 Å². The van der Waals surface area contributed by atoms with Crippen LogP contribution in [0.1, 0.15) is 17.3 Å². The first-order valence-corrected chi connectivity index (χ1v) is 9.64. The summed E-state index contributed by atoms with van der Waals surface area (Å²) < 4.78 is 7.49. The number of nitrogens with one attached hydrogen (secondary N) is 1. The van der Waals surface area contributed by atoms with Crippen molar-refractivity contribution in [2.75, 3.05) is 19.0 Å². The number of benzene rings is 2. The van der Waals surface area contributed by atoms with E-state index in [0.717, 1.165) is 11.3 Å². The Labute approximate surface area is 173 Å². The summed E-state index contributed by atoms with van der Waals surface area (Å²) in [6.07, 6.45) is 2.02. The molecule has 0 saturated heterocycles. The Bertz CT molecular complexity index is 1020. The van der Waals surface area contributed by atoms with E-state index in [1.165, 1.54) is 0 Å². The molecule has 0 bridgehead atoms. The van der Waals surface area contributed by atoms with Gasteiger partial charge in [-0.3, -0.25) is 0 Å². The van der Waals surface area contributed by atoms with Gasteiger partial charge in [0.1, 0.15) is 11.8 Å². The molecule has 1 aliphatic rings. The Morgan fingerprint density at radius 2 is 1.93 bits per heavy atom.